The Hall–Kier alpha value is -1.71. The fraction of sp³-hybridized carbons (Fsp3) is 0.333. The quantitative estimate of drug-likeness (QED) is 0.862. The highest BCUT2D eigenvalue weighted by Gasteiger charge is 2.14. The number of nitrogens with zero attached hydrogens (tertiary/aromatic N) is 3. The van der Waals surface area contributed by atoms with Crippen LogP contribution in [0.4, 0.5) is 0 Å². The van der Waals surface area contributed by atoms with Crippen LogP contribution < -0.4 is 0 Å². The van der Waals surface area contributed by atoms with Gasteiger partial charge in [-0.25, -0.2) is 9.97 Å². The summed E-state index contributed by atoms with van der Waals surface area (Å²) in [5.74, 6) is 0.848. The Morgan fingerprint density at radius 3 is 2.55 bits per heavy atom. The van der Waals surface area contributed by atoms with Gasteiger partial charge >= 0.3 is 0 Å². The molecule has 1 aliphatic heterocycles. The molecule has 3 rings (SSSR count). The lowest BCUT2D eigenvalue weighted by molar-refractivity contribution is 0.292. The van der Waals surface area contributed by atoms with Crippen molar-refractivity contribution in [2.75, 3.05) is 13.1 Å². The van der Waals surface area contributed by atoms with Crippen LogP contribution in [0.2, 0.25) is 0 Å². The van der Waals surface area contributed by atoms with Crippen molar-refractivity contribution < 1.29 is 0 Å². The molecule has 0 spiro atoms. The molecule has 22 heavy (non-hydrogen) atoms. The predicted octanol–water partition coefficient (Wildman–Crippen LogP) is 3.80. The lowest BCUT2D eigenvalue weighted by atomic mass is 9.99. The molecule has 2 aromatic rings. The summed E-state index contributed by atoms with van der Waals surface area (Å²) in [6.07, 6.45) is 5.42. The molecule has 1 aliphatic rings. The molecule has 0 amide bonds. The van der Waals surface area contributed by atoms with Crippen LogP contribution in [0.15, 0.2) is 42.6 Å². The van der Waals surface area contributed by atoms with Gasteiger partial charge in [0.05, 0.1) is 0 Å². The van der Waals surface area contributed by atoms with Gasteiger partial charge in [0.2, 0.25) is 0 Å². The molecule has 0 fully saturated rings. The highest BCUT2D eigenvalue weighted by atomic mass is 35.5. The van der Waals surface area contributed by atoms with Crippen molar-refractivity contribution in [1.29, 1.82) is 0 Å². The second-order valence-electron chi connectivity index (χ2n) is 5.61. The minimum Gasteiger partial charge on any atom is -0.295 e. The lowest BCUT2D eigenvalue weighted by Gasteiger charge is -2.26. The molecule has 0 saturated carbocycles. The Morgan fingerprint density at radius 2 is 1.91 bits per heavy atom. The first kappa shape index (κ1) is 16.7. The molecule has 0 radical (unpaired) electrons. The van der Waals surface area contributed by atoms with Crippen LogP contribution in [-0.2, 0) is 6.54 Å². The second kappa shape index (κ2) is 7.52. The van der Waals surface area contributed by atoms with Crippen molar-refractivity contribution in [3.63, 3.8) is 0 Å². The van der Waals surface area contributed by atoms with Crippen LogP contribution in [0.1, 0.15) is 29.1 Å². The number of hydrogen-bond acceptors (Lipinski definition) is 3. The summed E-state index contributed by atoms with van der Waals surface area (Å²) in [6, 6.07) is 10.7. The Labute approximate surface area is 138 Å². The minimum absolute atomic E-state index is 0. The molecule has 1 aromatic carbocycles. The molecule has 3 nitrogen and oxygen atoms in total. The van der Waals surface area contributed by atoms with Crippen LogP contribution in [-0.4, -0.2) is 28.0 Å². The molecule has 4 heteroatoms. The monoisotopic (exact) mass is 315 g/mol. The fourth-order valence-corrected chi connectivity index (χ4v) is 2.77. The van der Waals surface area contributed by atoms with Gasteiger partial charge in [0.15, 0.2) is 0 Å². The number of hydrogen-bond donors (Lipinski definition) is 0. The van der Waals surface area contributed by atoms with Crippen LogP contribution >= 0.6 is 12.4 Å². The normalized spacial score (nSPS) is 15.1. The van der Waals surface area contributed by atoms with Gasteiger partial charge in [-0.3, -0.25) is 4.90 Å². The van der Waals surface area contributed by atoms with Crippen molar-refractivity contribution in [2.45, 2.75) is 26.8 Å². The first-order chi connectivity index (χ1) is 10.2. The maximum absolute atomic E-state index is 4.45. The lowest BCUT2D eigenvalue weighted by Crippen LogP contribution is -2.28. The SMILES string of the molecule is Cc1ncc(CN2CC=C(c3ccccc3)CC2)c(C)n1.Cl. The van der Waals surface area contributed by atoms with Crippen LogP contribution in [0.5, 0.6) is 0 Å². The molecule has 116 valence electrons. The largest absolute Gasteiger partial charge is 0.295 e. The molecule has 1 aromatic heterocycles. The zero-order valence-corrected chi connectivity index (χ0v) is 13.9. The first-order valence-corrected chi connectivity index (χ1v) is 7.48. The van der Waals surface area contributed by atoms with E-state index in [-0.39, 0.29) is 12.4 Å². The van der Waals surface area contributed by atoms with Gasteiger partial charge in [0, 0.05) is 37.1 Å². The molecule has 2 heterocycles. The van der Waals surface area contributed by atoms with Crippen molar-refractivity contribution in [3.05, 3.63) is 65.2 Å². The fourth-order valence-electron chi connectivity index (χ4n) is 2.77. The van der Waals surface area contributed by atoms with Crippen molar-refractivity contribution in [2.24, 2.45) is 0 Å². The van der Waals surface area contributed by atoms with E-state index in [4.69, 9.17) is 0 Å². The van der Waals surface area contributed by atoms with E-state index in [1.807, 2.05) is 13.1 Å². The van der Waals surface area contributed by atoms with E-state index in [0.29, 0.717) is 0 Å². The second-order valence-corrected chi connectivity index (χ2v) is 5.61. The molecule has 0 bridgehead atoms. The van der Waals surface area contributed by atoms with Gasteiger partial charge in [-0.1, -0.05) is 36.4 Å². The summed E-state index contributed by atoms with van der Waals surface area (Å²) in [4.78, 5) is 11.2. The Balaban J connectivity index is 0.00000176. The van der Waals surface area contributed by atoms with E-state index in [1.54, 1.807) is 0 Å². The van der Waals surface area contributed by atoms with E-state index in [9.17, 15) is 0 Å². The molecule has 0 N–H and O–H groups in total. The van der Waals surface area contributed by atoms with Gasteiger partial charge in [-0.05, 0) is 31.4 Å². The molecular formula is C18H22ClN3. The Morgan fingerprint density at radius 1 is 1.14 bits per heavy atom. The van der Waals surface area contributed by atoms with Crippen LogP contribution in [0.25, 0.3) is 5.57 Å². The van der Waals surface area contributed by atoms with Crippen molar-refractivity contribution in [1.82, 2.24) is 14.9 Å². The van der Waals surface area contributed by atoms with Gasteiger partial charge in [0.25, 0.3) is 0 Å². The third-order valence-corrected chi connectivity index (χ3v) is 4.03. The van der Waals surface area contributed by atoms with E-state index in [2.05, 4.69) is 58.2 Å². The van der Waals surface area contributed by atoms with Crippen LogP contribution in [0, 0.1) is 13.8 Å². The highest BCUT2D eigenvalue weighted by molar-refractivity contribution is 5.85. The summed E-state index contributed by atoms with van der Waals surface area (Å²) in [5, 5.41) is 0. The van der Waals surface area contributed by atoms with Gasteiger partial charge in [-0.2, -0.15) is 0 Å². The standard InChI is InChI=1S/C18H21N3.ClH/c1-14-18(12-19-15(2)20-14)13-21-10-8-17(9-11-21)16-6-4-3-5-7-16;/h3-8,12H,9-11,13H2,1-2H3;1H. The topological polar surface area (TPSA) is 29.0 Å². The maximum Gasteiger partial charge on any atom is 0.125 e. The molecule has 0 aliphatic carbocycles. The number of halogens is 1. The zero-order valence-electron chi connectivity index (χ0n) is 13.1. The predicted molar refractivity (Wildman–Crippen MR) is 93.1 cm³/mol. The van der Waals surface area contributed by atoms with E-state index < -0.39 is 0 Å². The summed E-state index contributed by atoms with van der Waals surface area (Å²) in [6.45, 7) is 7.03. The minimum atomic E-state index is 0. The highest BCUT2D eigenvalue weighted by Crippen LogP contribution is 2.23. The zero-order chi connectivity index (χ0) is 14.7. The third kappa shape index (κ3) is 3.93. The van der Waals surface area contributed by atoms with Crippen LogP contribution in [0.3, 0.4) is 0 Å². The molecule has 0 unspecified atom stereocenters. The summed E-state index contributed by atoms with van der Waals surface area (Å²) in [7, 11) is 0. The van der Waals surface area contributed by atoms with E-state index in [0.717, 1.165) is 37.6 Å². The van der Waals surface area contributed by atoms with E-state index >= 15 is 0 Å². The number of rotatable bonds is 3. The molecule has 0 atom stereocenters. The maximum atomic E-state index is 4.45. The smallest absolute Gasteiger partial charge is 0.125 e. The summed E-state index contributed by atoms with van der Waals surface area (Å²) in [5.41, 5.74) is 5.15. The summed E-state index contributed by atoms with van der Waals surface area (Å²) < 4.78 is 0. The Bertz CT molecular complexity index is 653. The average molecular weight is 316 g/mol. The Kier molecular flexibility index (Phi) is 5.69. The average Bonchev–Trinajstić information content (AvgIpc) is 2.52. The molecular weight excluding hydrogens is 294 g/mol. The van der Waals surface area contributed by atoms with Crippen molar-refractivity contribution >= 4 is 18.0 Å². The number of aryl methyl sites for hydroxylation is 2. The first-order valence-electron chi connectivity index (χ1n) is 7.48. The van der Waals surface area contributed by atoms with Gasteiger partial charge in [0.1, 0.15) is 5.82 Å². The third-order valence-electron chi connectivity index (χ3n) is 4.03. The number of benzene rings is 1. The van der Waals surface area contributed by atoms with E-state index in [1.165, 1.54) is 16.7 Å². The van der Waals surface area contributed by atoms with Gasteiger partial charge in [-0.15, -0.1) is 12.4 Å². The molecule has 0 saturated heterocycles. The summed E-state index contributed by atoms with van der Waals surface area (Å²) >= 11 is 0. The number of aromatic nitrogens is 2. The van der Waals surface area contributed by atoms with Gasteiger partial charge < -0.3 is 0 Å². The van der Waals surface area contributed by atoms with Crippen molar-refractivity contribution in [3.8, 4) is 0 Å².